The second-order valence-corrected chi connectivity index (χ2v) is 6.77. The molecule has 0 amide bonds. The summed E-state index contributed by atoms with van der Waals surface area (Å²) in [5, 5.41) is 3.32. The van der Waals surface area contributed by atoms with Gasteiger partial charge in [-0.2, -0.15) is 0 Å². The van der Waals surface area contributed by atoms with Gasteiger partial charge in [0.1, 0.15) is 23.7 Å². The average molecular weight is 392 g/mol. The minimum absolute atomic E-state index is 0.737. The molecule has 0 unspecified atom stereocenters. The lowest BCUT2D eigenvalue weighted by Gasteiger charge is -2.30. The van der Waals surface area contributed by atoms with Crippen molar-refractivity contribution in [3.8, 4) is 17.2 Å². The Bertz CT molecular complexity index is 1010. The summed E-state index contributed by atoms with van der Waals surface area (Å²) in [6.07, 6.45) is 2.50. The molecule has 1 aliphatic heterocycles. The number of rotatable bonds is 6. The van der Waals surface area contributed by atoms with E-state index >= 15 is 0 Å². The van der Waals surface area contributed by atoms with Gasteiger partial charge in [-0.1, -0.05) is 6.07 Å². The van der Waals surface area contributed by atoms with Crippen molar-refractivity contribution in [3.05, 3.63) is 59.9 Å². The molecule has 150 valence electrons. The first kappa shape index (κ1) is 18.9. The van der Waals surface area contributed by atoms with E-state index in [1.807, 2.05) is 30.3 Å². The number of methoxy groups -OCH3 is 3. The predicted octanol–water partition coefficient (Wildman–Crippen LogP) is 3.81. The van der Waals surface area contributed by atoms with Crippen molar-refractivity contribution < 1.29 is 14.2 Å². The van der Waals surface area contributed by atoms with Gasteiger partial charge >= 0.3 is 0 Å². The third-order valence-corrected chi connectivity index (χ3v) is 5.04. The van der Waals surface area contributed by atoms with Gasteiger partial charge in [0.2, 0.25) is 0 Å². The molecular weight excluding hydrogens is 368 g/mol. The van der Waals surface area contributed by atoms with Gasteiger partial charge in [-0.25, -0.2) is 9.97 Å². The molecule has 4 rings (SSSR count). The van der Waals surface area contributed by atoms with Crippen molar-refractivity contribution in [1.82, 2.24) is 9.97 Å². The summed E-state index contributed by atoms with van der Waals surface area (Å²) in [6.45, 7) is 1.63. The lowest BCUT2D eigenvalue weighted by molar-refractivity contribution is 0.353. The Kier molecular flexibility index (Phi) is 5.37. The minimum atomic E-state index is 0.737. The van der Waals surface area contributed by atoms with Crippen molar-refractivity contribution in [3.63, 3.8) is 0 Å². The van der Waals surface area contributed by atoms with E-state index in [0.717, 1.165) is 54.1 Å². The number of hydrogen-bond donors (Lipinski definition) is 1. The van der Waals surface area contributed by atoms with E-state index in [1.165, 1.54) is 11.1 Å². The first-order chi connectivity index (χ1) is 14.2. The molecular formula is C22H24N4O3. The van der Waals surface area contributed by atoms with E-state index in [1.54, 1.807) is 27.7 Å². The molecule has 29 heavy (non-hydrogen) atoms. The summed E-state index contributed by atoms with van der Waals surface area (Å²) in [4.78, 5) is 11.1. The van der Waals surface area contributed by atoms with Crippen molar-refractivity contribution in [1.29, 1.82) is 0 Å². The molecule has 0 radical (unpaired) electrons. The molecule has 0 fully saturated rings. The van der Waals surface area contributed by atoms with Crippen molar-refractivity contribution >= 4 is 17.3 Å². The zero-order chi connectivity index (χ0) is 20.2. The number of ether oxygens (including phenoxy) is 3. The molecule has 0 saturated heterocycles. The summed E-state index contributed by atoms with van der Waals surface area (Å²) in [5.41, 5.74) is 3.41. The van der Waals surface area contributed by atoms with E-state index in [2.05, 4.69) is 32.3 Å². The molecule has 1 aliphatic rings. The molecule has 0 saturated carbocycles. The smallest absolute Gasteiger partial charge is 0.161 e. The van der Waals surface area contributed by atoms with Crippen LogP contribution in [0, 0.1) is 0 Å². The first-order valence-electron chi connectivity index (χ1n) is 9.42. The van der Waals surface area contributed by atoms with Crippen LogP contribution in [0.3, 0.4) is 0 Å². The summed E-state index contributed by atoms with van der Waals surface area (Å²) in [6, 6.07) is 13.8. The normalized spacial score (nSPS) is 12.9. The van der Waals surface area contributed by atoms with Crippen LogP contribution in [-0.4, -0.2) is 37.8 Å². The highest BCUT2D eigenvalue weighted by molar-refractivity contribution is 5.61. The Morgan fingerprint density at radius 2 is 1.69 bits per heavy atom. The van der Waals surface area contributed by atoms with Crippen molar-refractivity contribution in [2.45, 2.75) is 13.0 Å². The maximum absolute atomic E-state index is 5.46. The zero-order valence-electron chi connectivity index (χ0n) is 16.8. The molecule has 1 N–H and O–H groups in total. The molecule has 2 heterocycles. The topological polar surface area (TPSA) is 68.7 Å². The minimum Gasteiger partial charge on any atom is -0.497 e. The number of nitrogens with one attached hydrogen (secondary N) is 1. The van der Waals surface area contributed by atoms with E-state index < -0.39 is 0 Å². The van der Waals surface area contributed by atoms with Crippen LogP contribution in [0.5, 0.6) is 17.2 Å². The van der Waals surface area contributed by atoms with E-state index in [-0.39, 0.29) is 0 Å². The Morgan fingerprint density at radius 1 is 0.897 bits per heavy atom. The molecule has 2 aromatic carbocycles. The largest absolute Gasteiger partial charge is 0.497 e. The molecule has 1 aromatic heterocycles. The summed E-state index contributed by atoms with van der Waals surface area (Å²) >= 11 is 0. The molecule has 7 heteroatoms. The predicted molar refractivity (Wildman–Crippen MR) is 113 cm³/mol. The van der Waals surface area contributed by atoms with Crippen LogP contribution in [0.4, 0.5) is 17.3 Å². The molecule has 0 aliphatic carbocycles. The number of fused-ring (bicyclic) bond motifs is 1. The van der Waals surface area contributed by atoms with Crippen LogP contribution in [0.2, 0.25) is 0 Å². The lowest BCUT2D eigenvalue weighted by atomic mass is 9.99. The highest BCUT2D eigenvalue weighted by atomic mass is 16.5. The van der Waals surface area contributed by atoms with Gasteiger partial charge in [0.25, 0.3) is 0 Å². The van der Waals surface area contributed by atoms with E-state index in [4.69, 9.17) is 14.2 Å². The van der Waals surface area contributed by atoms with Gasteiger partial charge in [0, 0.05) is 30.9 Å². The van der Waals surface area contributed by atoms with Crippen molar-refractivity contribution in [2.24, 2.45) is 0 Å². The monoisotopic (exact) mass is 392 g/mol. The Balaban J connectivity index is 1.54. The fourth-order valence-electron chi connectivity index (χ4n) is 3.52. The number of anilines is 3. The second-order valence-electron chi connectivity index (χ2n) is 6.77. The highest BCUT2D eigenvalue weighted by Gasteiger charge is 2.20. The Labute approximate surface area is 170 Å². The van der Waals surface area contributed by atoms with Gasteiger partial charge in [-0.3, -0.25) is 0 Å². The maximum Gasteiger partial charge on any atom is 0.161 e. The van der Waals surface area contributed by atoms with Gasteiger partial charge in [-0.15, -0.1) is 0 Å². The standard InChI is InChI=1S/C22H24N4O3/c1-27-18-6-4-5-17(11-18)25-21-12-22(24-14-23-21)26-8-7-15-9-19(28-2)20(29-3)10-16(15)13-26/h4-6,9-12,14H,7-8,13H2,1-3H3,(H,23,24,25). The molecule has 0 atom stereocenters. The van der Waals surface area contributed by atoms with Crippen LogP contribution in [-0.2, 0) is 13.0 Å². The fourth-order valence-corrected chi connectivity index (χ4v) is 3.52. The Hall–Kier alpha value is -3.48. The highest BCUT2D eigenvalue weighted by Crippen LogP contribution is 2.34. The molecule has 0 spiro atoms. The van der Waals surface area contributed by atoms with Crippen molar-refractivity contribution in [2.75, 3.05) is 38.1 Å². The molecule has 0 bridgehead atoms. The maximum atomic E-state index is 5.46. The summed E-state index contributed by atoms with van der Waals surface area (Å²) in [7, 11) is 4.98. The zero-order valence-corrected chi connectivity index (χ0v) is 16.8. The number of nitrogens with zero attached hydrogens (tertiary/aromatic N) is 3. The number of aromatic nitrogens is 2. The second kappa shape index (κ2) is 8.26. The number of benzene rings is 2. The van der Waals surface area contributed by atoms with Crippen LogP contribution in [0.1, 0.15) is 11.1 Å². The summed E-state index contributed by atoms with van der Waals surface area (Å²) < 4.78 is 16.2. The quantitative estimate of drug-likeness (QED) is 0.684. The van der Waals surface area contributed by atoms with Gasteiger partial charge < -0.3 is 24.4 Å². The Morgan fingerprint density at radius 3 is 2.45 bits per heavy atom. The van der Waals surface area contributed by atoms with Gasteiger partial charge in [0.05, 0.1) is 21.3 Å². The van der Waals surface area contributed by atoms with Crippen LogP contribution >= 0.6 is 0 Å². The third-order valence-electron chi connectivity index (χ3n) is 5.04. The lowest BCUT2D eigenvalue weighted by Crippen LogP contribution is -2.31. The van der Waals surface area contributed by atoms with Crippen LogP contribution in [0.15, 0.2) is 48.8 Å². The fraction of sp³-hybridized carbons (Fsp3) is 0.273. The van der Waals surface area contributed by atoms with Gasteiger partial charge in [0.15, 0.2) is 11.5 Å². The van der Waals surface area contributed by atoms with E-state index in [0.29, 0.717) is 0 Å². The molecule has 7 nitrogen and oxygen atoms in total. The molecule has 3 aromatic rings. The van der Waals surface area contributed by atoms with E-state index in [9.17, 15) is 0 Å². The first-order valence-corrected chi connectivity index (χ1v) is 9.42. The average Bonchev–Trinajstić information content (AvgIpc) is 2.78. The van der Waals surface area contributed by atoms with Crippen LogP contribution in [0.25, 0.3) is 0 Å². The van der Waals surface area contributed by atoms with Gasteiger partial charge in [-0.05, 0) is 41.8 Å². The third kappa shape index (κ3) is 4.03. The SMILES string of the molecule is COc1cccc(Nc2cc(N3CCc4cc(OC)c(OC)cc4C3)ncn2)c1. The summed E-state index contributed by atoms with van der Waals surface area (Å²) in [5.74, 6) is 3.93. The number of hydrogen-bond acceptors (Lipinski definition) is 7. The van der Waals surface area contributed by atoms with Crippen LogP contribution < -0.4 is 24.4 Å².